The minimum absolute atomic E-state index is 0.0829. The molecule has 4 nitrogen and oxygen atoms in total. The summed E-state index contributed by atoms with van der Waals surface area (Å²) in [7, 11) is 0. The fraction of sp³-hybridized carbons (Fsp3) is 0.429. The highest BCUT2D eigenvalue weighted by Gasteiger charge is 2.15. The van der Waals surface area contributed by atoms with E-state index in [0.29, 0.717) is 33.8 Å². The number of aromatic nitrogens is 2. The predicted molar refractivity (Wildman–Crippen MR) is 87.2 cm³/mol. The van der Waals surface area contributed by atoms with E-state index < -0.39 is 0 Å². The highest BCUT2D eigenvalue weighted by atomic mass is 35.5. The van der Waals surface area contributed by atoms with Crippen LogP contribution in [0.3, 0.4) is 0 Å². The van der Waals surface area contributed by atoms with E-state index in [9.17, 15) is 4.79 Å². The summed E-state index contributed by atoms with van der Waals surface area (Å²) in [4.78, 5) is 16.4. The van der Waals surface area contributed by atoms with Crippen LogP contribution in [0.15, 0.2) is 12.1 Å². The Morgan fingerprint density at radius 3 is 2.62 bits per heavy atom. The minimum Gasteiger partial charge on any atom is -0.354 e. The van der Waals surface area contributed by atoms with E-state index in [-0.39, 0.29) is 18.3 Å². The first-order valence-corrected chi connectivity index (χ1v) is 7.88. The zero-order valence-corrected chi connectivity index (χ0v) is 14.1. The van der Waals surface area contributed by atoms with Crippen molar-refractivity contribution in [1.82, 2.24) is 14.9 Å². The van der Waals surface area contributed by atoms with Crippen molar-refractivity contribution in [2.45, 2.75) is 26.3 Å². The van der Waals surface area contributed by atoms with Crippen LogP contribution in [0.2, 0.25) is 10.0 Å². The molecule has 0 saturated carbocycles. The van der Waals surface area contributed by atoms with Gasteiger partial charge in [-0.2, -0.15) is 0 Å². The first-order valence-electron chi connectivity index (χ1n) is 6.59. The van der Waals surface area contributed by atoms with Crippen molar-refractivity contribution >= 4 is 51.7 Å². The number of hydrogen-bond acceptors (Lipinski definition) is 2. The lowest BCUT2D eigenvalue weighted by Crippen LogP contribution is -2.31. The summed E-state index contributed by atoms with van der Waals surface area (Å²) in [5.74, 6) is 1.14. The maximum atomic E-state index is 12.0. The third kappa shape index (κ3) is 3.82. The van der Waals surface area contributed by atoms with Gasteiger partial charge in [-0.1, -0.05) is 37.0 Å². The number of rotatable bonds is 5. The Morgan fingerprint density at radius 1 is 1.33 bits per heavy atom. The predicted octanol–water partition coefficient (Wildman–Crippen LogP) is 3.85. The van der Waals surface area contributed by atoms with E-state index in [1.165, 1.54) is 0 Å². The molecule has 1 heterocycles. The largest absolute Gasteiger partial charge is 0.354 e. The SMILES string of the molecule is CC(C)CNC(=O)Cn1c(CCl)nc2cc(Cl)c(Cl)cc21. The van der Waals surface area contributed by atoms with Crippen LogP contribution in [0.25, 0.3) is 11.0 Å². The Morgan fingerprint density at radius 2 is 2.00 bits per heavy atom. The summed E-state index contributed by atoms with van der Waals surface area (Å²) in [5.41, 5.74) is 1.43. The fourth-order valence-electron chi connectivity index (χ4n) is 1.97. The maximum absolute atomic E-state index is 12.0. The third-order valence-electron chi connectivity index (χ3n) is 3.00. The second kappa shape index (κ2) is 6.86. The van der Waals surface area contributed by atoms with E-state index in [4.69, 9.17) is 34.8 Å². The van der Waals surface area contributed by atoms with Crippen molar-refractivity contribution in [2.24, 2.45) is 5.92 Å². The van der Waals surface area contributed by atoms with Gasteiger partial charge in [0.05, 0.1) is 27.0 Å². The van der Waals surface area contributed by atoms with E-state index in [0.717, 1.165) is 5.52 Å². The van der Waals surface area contributed by atoms with Gasteiger partial charge < -0.3 is 9.88 Å². The van der Waals surface area contributed by atoms with E-state index in [2.05, 4.69) is 10.3 Å². The second-order valence-corrected chi connectivity index (χ2v) is 6.28. The molecule has 2 aromatic rings. The van der Waals surface area contributed by atoms with Gasteiger partial charge >= 0.3 is 0 Å². The Bertz CT molecular complexity index is 667. The Balaban J connectivity index is 2.33. The number of imidazole rings is 1. The van der Waals surface area contributed by atoms with Gasteiger partial charge in [-0.05, 0) is 18.1 Å². The Hall–Kier alpha value is -0.970. The molecule has 114 valence electrons. The number of benzene rings is 1. The molecule has 0 aliphatic carbocycles. The van der Waals surface area contributed by atoms with Gasteiger partial charge in [-0.3, -0.25) is 4.79 Å². The average molecular weight is 349 g/mol. The van der Waals surface area contributed by atoms with Crippen LogP contribution in [-0.2, 0) is 17.2 Å². The third-order valence-corrected chi connectivity index (χ3v) is 3.96. The molecule has 1 aromatic heterocycles. The van der Waals surface area contributed by atoms with Crippen molar-refractivity contribution in [3.63, 3.8) is 0 Å². The van der Waals surface area contributed by atoms with Crippen molar-refractivity contribution in [2.75, 3.05) is 6.54 Å². The fourth-order valence-corrected chi connectivity index (χ4v) is 2.49. The molecule has 0 aliphatic rings. The summed E-state index contributed by atoms with van der Waals surface area (Å²) < 4.78 is 1.76. The van der Waals surface area contributed by atoms with E-state index >= 15 is 0 Å². The molecule has 0 fully saturated rings. The number of nitrogens with zero attached hydrogens (tertiary/aromatic N) is 2. The lowest BCUT2D eigenvalue weighted by Gasteiger charge is -2.10. The zero-order chi connectivity index (χ0) is 15.6. The number of fused-ring (bicyclic) bond motifs is 1. The molecular formula is C14H16Cl3N3O. The van der Waals surface area contributed by atoms with Crippen LogP contribution in [0.1, 0.15) is 19.7 Å². The molecule has 7 heteroatoms. The molecule has 0 aliphatic heterocycles. The Labute approximate surface area is 138 Å². The quantitative estimate of drug-likeness (QED) is 0.834. The van der Waals surface area contributed by atoms with Gasteiger partial charge in [0.1, 0.15) is 12.4 Å². The summed E-state index contributed by atoms with van der Waals surface area (Å²) in [5, 5.41) is 3.73. The van der Waals surface area contributed by atoms with Gasteiger partial charge in [0, 0.05) is 6.54 Å². The van der Waals surface area contributed by atoms with Crippen molar-refractivity contribution in [1.29, 1.82) is 0 Å². The number of halogens is 3. The number of carbonyl (C=O) groups excluding carboxylic acids is 1. The number of hydrogen-bond donors (Lipinski definition) is 1. The summed E-state index contributed by atoms with van der Waals surface area (Å²) in [6.45, 7) is 4.87. The lowest BCUT2D eigenvalue weighted by atomic mass is 10.2. The molecule has 0 bridgehead atoms. The molecule has 1 N–H and O–H groups in total. The second-order valence-electron chi connectivity index (χ2n) is 5.20. The summed E-state index contributed by atoms with van der Waals surface area (Å²) >= 11 is 17.9. The summed E-state index contributed by atoms with van der Waals surface area (Å²) in [6.07, 6.45) is 0. The maximum Gasteiger partial charge on any atom is 0.240 e. The molecular weight excluding hydrogens is 333 g/mol. The van der Waals surface area contributed by atoms with Gasteiger partial charge in [-0.15, -0.1) is 11.6 Å². The number of amides is 1. The molecule has 1 aromatic carbocycles. The van der Waals surface area contributed by atoms with Crippen LogP contribution < -0.4 is 5.32 Å². The molecule has 1 amide bonds. The van der Waals surface area contributed by atoms with Crippen LogP contribution in [0, 0.1) is 5.92 Å². The van der Waals surface area contributed by atoms with Crippen LogP contribution in [0.5, 0.6) is 0 Å². The van der Waals surface area contributed by atoms with Gasteiger partial charge in [0.15, 0.2) is 0 Å². The molecule has 2 rings (SSSR count). The normalized spacial score (nSPS) is 11.3. The minimum atomic E-state index is -0.0829. The van der Waals surface area contributed by atoms with Gasteiger partial charge in [0.25, 0.3) is 0 Å². The summed E-state index contributed by atoms with van der Waals surface area (Å²) in [6, 6.07) is 3.38. The smallest absolute Gasteiger partial charge is 0.240 e. The monoisotopic (exact) mass is 347 g/mol. The van der Waals surface area contributed by atoms with Gasteiger partial charge in [-0.25, -0.2) is 4.98 Å². The highest BCUT2D eigenvalue weighted by molar-refractivity contribution is 6.42. The van der Waals surface area contributed by atoms with Crippen LogP contribution >= 0.6 is 34.8 Å². The van der Waals surface area contributed by atoms with E-state index in [1.807, 2.05) is 13.8 Å². The molecule has 0 radical (unpaired) electrons. The van der Waals surface area contributed by atoms with E-state index in [1.54, 1.807) is 16.7 Å². The number of alkyl halides is 1. The molecule has 0 atom stereocenters. The first-order chi connectivity index (χ1) is 9.92. The van der Waals surface area contributed by atoms with Crippen molar-refractivity contribution < 1.29 is 4.79 Å². The van der Waals surface area contributed by atoms with Gasteiger partial charge in [0.2, 0.25) is 5.91 Å². The topological polar surface area (TPSA) is 46.9 Å². The lowest BCUT2D eigenvalue weighted by molar-refractivity contribution is -0.121. The first kappa shape index (κ1) is 16.4. The number of nitrogens with one attached hydrogen (secondary N) is 1. The highest BCUT2D eigenvalue weighted by Crippen LogP contribution is 2.28. The Kier molecular flexibility index (Phi) is 5.36. The molecule has 0 unspecified atom stereocenters. The molecule has 0 saturated heterocycles. The average Bonchev–Trinajstić information content (AvgIpc) is 2.74. The van der Waals surface area contributed by atoms with Crippen molar-refractivity contribution in [3.8, 4) is 0 Å². The van der Waals surface area contributed by atoms with Crippen molar-refractivity contribution in [3.05, 3.63) is 28.0 Å². The standard InChI is InChI=1S/C14H16Cl3N3O/c1-8(2)6-18-14(21)7-20-12-4-10(17)9(16)3-11(12)19-13(20)5-15/h3-4,8H,5-7H2,1-2H3,(H,18,21). The molecule has 21 heavy (non-hydrogen) atoms. The number of carbonyl (C=O) groups is 1. The molecule has 0 spiro atoms. The zero-order valence-electron chi connectivity index (χ0n) is 11.8. The van der Waals surface area contributed by atoms with Crippen LogP contribution in [0.4, 0.5) is 0 Å². The van der Waals surface area contributed by atoms with Crippen LogP contribution in [-0.4, -0.2) is 22.0 Å².